The average Bonchev–Trinajstić information content (AvgIpc) is 2.94. The molecule has 0 unspecified atom stereocenters. The summed E-state index contributed by atoms with van der Waals surface area (Å²) in [7, 11) is 0. The molecular formula is C30H23BrIN3O3S. The molecule has 6 nitrogen and oxygen atoms in total. The molecule has 0 fully saturated rings. The Kier molecular flexibility index (Phi) is 10.3. The molecule has 0 bridgehead atoms. The molecule has 0 radical (unpaired) electrons. The van der Waals surface area contributed by atoms with E-state index in [0.717, 1.165) is 24.2 Å². The van der Waals surface area contributed by atoms with E-state index >= 15 is 0 Å². The van der Waals surface area contributed by atoms with E-state index in [0.29, 0.717) is 11.3 Å². The number of rotatable bonds is 9. The molecule has 4 rings (SSSR count). The van der Waals surface area contributed by atoms with Gasteiger partial charge in [0, 0.05) is 29.9 Å². The summed E-state index contributed by atoms with van der Waals surface area (Å²) in [6, 6.07) is 30.9. The van der Waals surface area contributed by atoms with Crippen LogP contribution < -0.4 is 16.0 Å². The van der Waals surface area contributed by atoms with Crippen LogP contribution in [0, 0.1) is 3.57 Å². The van der Waals surface area contributed by atoms with E-state index in [2.05, 4.69) is 54.5 Å². The molecule has 0 saturated carbocycles. The maximum atomic E-state index is 13.2. The number of carbonyl (C=O) groups excluding carboxylic acids is 3. The lowest BCUT2D eigenvalue weighted by Gasteiger charge is -2.12. The molecule has 39 heavy (non-hydrogen) atoms. The molecule has 0 aliphatic rings. The molecule has 0 aliphatic carbocycles. The van der Waals surface area contributed by atoms with Crippen LogP contribution in [-0.2, 0) is 9.59 Å². The Morgan fingerprint density at radius 2 is 1.46 bits per heavy atom. The van der Waals surface area contributed by atoms with Gasteiger partial charge in [0.05, 0.1) is 5.75 Å². The quantitative estimate of drug-likeness (QED) is 0.0975. The number of hydrogen-bond acceptors (Lipinski definition) is 4. The van der Waals surface area contributed by atoms with E-state index in [4.69, 9.17) is 0 Å². The van der Waals surface area contributed by atoms with Gasteiger partial charge < -0.3 is 16.0 Å². The lowest BCUT2D eigenvalue weighted by atomic mass is 10.1. The molecule has 0 spiro atoms. The Morgan fingerprint density at radius 3 is 2.15 bits per heavy atom. The number of benzene rings is 4. The van der Waals surface area contributed by atoms with Crippen LogP contribution in [0.5, 0.6) is 0 Å². The van der Waals surface area contributed by atoms with Crippen LogP contribution >= 0.6 is 50.3 Å². The van der Waals surface area contributed by atoms with E-state index < -0.39 is 5.91 Å². The van der Waals surface area contributed by atoms with Gasteiger partial charge in [0.2, 0.25) is 5.91 Å². The van der Waals surface area contributed by atoms with Crippen LogP contribution in [0.1, 0.15) is 15.9 Å². The minimum Gasteiger partial charge on any atom is -0.325 e. The molecule has 4 aromatic rings. The van der Waals surface area contributed by atoms with E-state index in [1.54, 1.807) is 42.5 Å². The number of halogens is 2. The summed E-state index contributed by atoms with van der Waals surface area (Å²) < 4.78 is 1.95. The SMILES string of the molecule is O=C(CSc1ccc(NC(=O)/C(=C/c2cccc(Br)c2)NC(=O)c2ccccc2)cc1)Nc1ccc(I)cc1. The van der Waals surface area contributed by atoms with E-state index in [1.165, 1.54) is 11.8 Å². The largest absolute Gasteiger partial charge is 0.325 e. The van der Waals surface area contributed by atoms with Crippen molar-refractivity contribution >= 4 is 85.5 Å². The minimum atomic E-state index is -0.462. The van der Waals surface area contributed by atoms with E-state index in [9.17, 15) is 14.4 Å². The number of carbonyl (C=O) groups is 3. The molecule has 9 heteroatoms. The van der Waals surface area contributed by atoms with Gasteiger partial charge in [-0.25, -0.2) is 0 Å². The first-order valence-electron chi connectivity index (χ1n) is 11.8. The number of anilines is 2. The first-order chi connectivity index (χ1) is 18.9. The van der Waals surface area contributed by atoms with E-state index in [-0.39, 0.29) is 23.3 Å². The predicted molar refractivity (Wildman–Crippen MR) is 170 cm³/mol. The second kappa shape index (κ2) is 14.1. The van der Waals surface area contributed by atoms with Crippen LogP contribution in [0.25, 0.3) is 6.08 Å². The second-order valence-electron chi connectivity index (χ2n) is 8.26. The smallest absolute Gasteiger partial charge is 0.272 e. The lowest BCUT2D eigenvalue weighted by molar-refractivity contribution is -0.114. The summed E-state index contributed by atoms with van der Waals surface area (Å²) in [5, 5.41) is 8.45. The highest BCUT2D eigenvalue weighted by Crippen LogP contribution is 2.22. The van der Waals surface area contributed by atoms with Gasteiger partial charge >= 0.3 is 0 Å². The van der Waals surface area contributed by atoms with Crippen molar-refractivity contribution in [1.82, 2.24) is 5.32 Å². The zero-order valence-electron chi connectivity index (χ0n) is 20.5. The standard InChI is InChI=1S/C30H23BrIN3O3S/c31-22-8-4-5-20(17-22)18-27(35-29(37)21-6-2-1-3-7-21)30(38)34-25-13-15-26(16-14-25)39-19-28(36)33-24-11-9-23(32)10-12-24/h1-18H,19H2,(H,33,36)(H,34,38)(H,35,37)/b27-18-. The van der Waals surface area contributed by atoms with Crippen LogP contribution in [0.3, 0.4) is 0 Å². The van der Waals surface area contributed by atoms with E-state index in [1.807, 2.05) is 66.7 Å². The third-order valence-corrected chi connectivity index (χ3v) is 7.52. The Hall–Kier alpha value is -3.41. The number of hydrogen-bond donors (Lipinski definition) is 3. The monoisotopic (exact) mass is 711 g/mol. The third-order valence-electron chi connectivity index (χ3n) is 5.30. The van der Waals surface area contributed by atoms with Gasteiger partial charge in [-0.05, 0) is 107 Å². The van der Waals surface area contributed by atoms with Crippen molar-refractivity contribution in [3.63, 3.8) is 0 Å². The van der Waals surface area contributed by atoms with Crippen molar-refractivity contribution in [2.75, 3.05) is 16.4 Å². The average molecular weight is 712 g/mol. The van der Waals surface area contributed by atoms with Crippen LogP contribution in [-0.4, -0.2) is 23.5 Å². The summed E-state index contributed by atoms with van der Waals surface area (Å²) in [4.78, 5) is 39.2. The zero-order chi connectivity index (χ0) is 27.6. The molecule has 0 atom stereocenters. The van der Waals surface area contributed by atoms with Gasteiger partial charge in [-0.1, -0.05) is 46.3 Å². The Bertz CT molecular complexity index is 1490. The minimum absolute atomic E-state index is 0.102. The normalized spacial score (nSPS) is 11.0. The highest BCUT2D eigenvalue weighted by atomic mass is 127. The van der Waals surface area contributed by atoms with Crippen molar-refractivity contribution < 1.29 is 14.4 Å². The van der Waals surface area contributed by atoms with Crippen molar-refractivity contribution in [3.8, 4) is 0 Å². The molecule has 0 aromatic heterocycles. The van der Waals surface area contributed by atoms with Gasteiger partial charge in [0.1, 0.15) is 5.70 Å². The highest BCUT2D eigenvalue weighted by Gasteiger charge is 2.15. The van der Waals surface area contributed by atoms with Gasteiger partial charge in [-0.3, -0.25) is 14.4 Å². The van der Waals surface area contributed by atoms with Gasteiger partial charge in [0.15, 0.2) is 0 Å². The molecule has 3 N–H and O–H groups in total. The second-order valence-corrected chi connectivity index (χ2v) is 11.5. The summed E-state index contributed by atoms with van der Waals surface area (Å²) in [6.07, 6.45) is 1.62. The third kappa shape index (κ3) is 9.09. The van der Waals surface area contributed by atoms with Gasteiger partial charge in [-0.15, -0.1) is 11.8 Å². The van der Waals surface area contributed by atoms with Gasteiger partial charge in [-0.2, -0.15) is 0 Å². The van der Waals surface area contributed by atoms with Crippen molar-refractivity contribution in [2.24, 2.45) is 0 Å². The van der Waals surface area contributed by atoms with Gasteiger partial charge in [0.25, 0.3) is 11.8 Å². The Balaban J connectivity index is 1.40. The molecule has 196 valence electrons. The molecule has 0 aliphatic heterocycles. The highest BCUT2D eigenvalue weighted by molar-refractivity contribution is 14.1. The zero-order valence-corrected chi connectivity index (χ0v) is 25.0. The molecular weight excluding hydrogens is 689 g/mol. The Labute approximate surface area is 252 Å². The molecule has 0 saturated heterocycles. The topological polar surface area (TPSA) is 87.3 Å². The fraction of sp³-hybridized carbons (Fsp3) is 0.0333. The lowest BCUT2D eigenvalue weighted by Crippen LogP contribution is -2.30. The maximum Gasteiger partial charge on any atom is 0.272 e. The molecule has 3 amide bonds. The van der Waals surface area contributed by atoms with Crippen LogP contribution in [0.2, 0.25) is 0 Å². The van der Waals surface area contributed by atoms with Crippen LogP contribution in [0.15, 0.2) is 118 Å². The summed E-state index contributed by atoms with van der Waals surface area (Å²) in [6.45, 7) is 0. The molecule has 0 heterocycles. The number of nitrogens with one attached hydrogen (secondary N) is 3. The first kappa shape index (κ1) is 28.6. The van der Waals surface area contributed by atoms with Crippen LogP contribution in [0.4, 0.5) is 11.4 Å². The predicted octanol–water partition coefficient (Wildman–Crippen LogP) is 7.19. The van der Waals surface area contributed by atoms with Crippen molar-refractivity contribution in [1.29, 1.82) is 0 Å². The molecule has 4 aromatic carbocycles. The first-order valence-corrected chi connectivity index (χ1v) is 14.6. The summed E-state index contributed by atoms with van der Waals surface area (Å²) >= 11 is 7.04. The fourth-order valence-electron chi connectivity index (χ4n) is 3.42. The van der Waals surface area contributed by atoms with Crippen molar-refractivity contribution in [3.05, 3.63) is 128 Å². The Morgan fingerprint density at radius 1 is 0.795 bits per heavy atom. The number of thioether (sulfide) groups is 1. The fourth-order valence-corrected chi connectivity index (χ4v) is 4.89. The van der Waals surface area contributed by atoms with Crippen molar-refractivity contribution in [2.45, 2.75) is 4.90 Å². The summed E-state index contributed by atoms with van der Waals surface area (Å²) in [5.74, 6) is -0.697. The summed E-state index contributed by atoms with van der Waals surface area (Å²) in [5.41, 5.74) is 2.61. The number of amides is 3. The maximum absolute atomic E-state index is 13.2.